The van der Waals surface area contributed by atoms with Crippen molar-refractivity contribution in [1.82, 2.24) is 20.4 Å². The number of hydrogen-bond acceptors (Lipinski definition) is 4. The average molecular weight is 502 g/mol. The first-order chi connectivity index (χ1) is 16.9. The summed E-state index contributed by atoms with van der Waals surface area (Å²) in [6.45, 7) is 5.63. The number of amides is 3. The van der Waals surface area contributed by atoms with Crippen molar-refractivity contribution >= 4 is 35.0 Å². The normalized spacial score (nSPS) is 23.2. The van der Waals surface area contributed by atoms with Gasteiger partial charge >= 0.3 is 6.03 Å². The molecule has 3 amide bonds. The molecule has 0 aromatic heterocycles. The second-order valence-corrected chi connectivity index (χ2v) is 10.7. The largest absolute Gasteiger partial charge is 0.497 e. The van der Waals surface area contributed by atoms with Gasteiger partial charge in [0, 0.05) is 50.4 Å². The van der Waals surface area contributed by atoms with Crippen molar-refractivity contribution in [3.8, 4) is 5.75 Å². The van der Waals surface area contributed by atoms with E-state index >= 15 is 0 Å². The lowest BCUT2D eigenvalue weighted by Crippen LogP contribution is -2.46. The third-order valence-electron chi connectivity index (χ3n) is 7.91. The lowest BCUT2D eigenvalue weighted by Gasteiger charge is -2.40. The fourth-order valence-electron chi connectivity index (χ4n) is 5.58. The van der Waals surface area contributed by atoms with Crippen molar-refractivity contribution in [1.29, 1.82) is 0 Å². The molecule has 9 heteroatoms. The maximum atomic E-state index is 12.8. The molecule has 3 saturated heterocycles. The topological polar surface area (TPSA) is 85.9 Å². The van der Waals surface area contributed by atoms with Crippen LogP contribution in [-0.2, 0) is 4.79 Å². The van der Waals surface area contributed by atoms with E-state index in [0.717, 1.165) is 87.7 Å². The van der Waals surface area contributed by atoms with Crippen LogP contribution in [0.2, 0.25) is 0 Å². The van der Waals surface area contributed by atoms with Crippen molar-refractivity contribution in [2.75, 3.05) is 38.6 Å². The van der Waals surface area contributed by atoms with E-state index in [-0.39, 0.29) is 23.5 Å². The lowest BCUT2D eigenvalue weighted by molar-refractivity contribution is -0.130. The molecule has 1 spiro atoms. The molecule has 4 rings (SSSR count). The van der Waals surface area contributed by atoms with Crippen LogP contribution >= 0.6 is 12.2 Å². The van der Waals surface area contributed by atoms with E-state index in [4.69, 9.17) is 17.0 Å². The van der Waals surface area contributed by atoms with Crippen LogP contribution < -0.4 is 20.7 Å². The Morgan fingerprint density at radius 1 is 1.14 bits per heavy atom. The van der Waals surface area contributed by atoms with Crippen molar-refractivity contribution < 1.29 is 14.3 Å². The predicted octanol–water partition coefficient (Wildman–Crippen LogP) is 3.73. The minimum absolute atomic E-state index is 0.0681. The number of unbranched alkanes of at least 4 members (excludes halogenated alkanes) is 2. The molecule has 1 aromatic rings. The molecule has 3 N–H and O–H groups in total. The van der Waals surface area contributed by atoms with Crippen LogP contribution in [0.3, 0.4) is 0 Å². The summed E-state index contributed by atoms with van der Waals surface area (Å²) in [5.41, 5.74) is 1.17. The van der Waals surface area contributed by atoms with Gasteiger partial charge in [-0.25, -0.2) is 4.79 Å². The maximum Gasteiger partial charge on any atom is 0.315 e. The highest BCUT2D eigenvalue weighted by molar-refractivity contribution is 7.80. The van der Waals surface area contributed by atoms with Crippen LogP contribution in [0.5, 0.6) is 5.75 Å². The molecule has 0 radical (unpaired) electrons. The summed E-state index contributed by atoms with van der Waals surface area (Å²) in [4.78, 5) is 28.5. The summed E-state index contributed by atoms with van der Waals surface area (Å²) >= 11 is 5.67. The van der Waals surface area contributed by atoms with E-state index in [0.29, 0.717) is 12.3 Å². The van der Waals surface area contributed by atoms with E-state index in [1.807, 2.05) is 31.2 Å². The molecular weight excluding hydrogens is 462 g/mol. The minimum Gasteiger partial charge on any atom is -0.497 e. The van der Waals surface area contributed by atoms with Gasteiger partial charge in [0.25, 0.3) is 0 Å². The molecular formula is C26H39N5O3S. The molecule has 35 heavy (non-hydrogen) atoms. The summed E-state index contributed by atoms with van der Waals surface area (Å²) in [7, 11) is 1.66. The molecule has 0 bridgehead atoms. The number of thiocarbonyl (C=S) groups is 1. The molecule has 3 fully saturated rings. The third kappa shape index (κ3) is 6.57. The van der Waals surface area contributed by atoms with E-state index in [1.165, 1.54) is 0 Å². The molecule has 1 aromatic carbocycles. The fourth-order valence-corrected chi connectivity index (χ4v) is 5.88. The SMILES string of the molecule is COc1cccc(NC(=S)N2CCC3(CCN(C(=O)CCCCCC4NC(=O)NC4C)C3)CC2)c1. The third-order valence-corrected chi connectivity index (χ3v) is 8.27. The van der Waals surface area contributed by atoms with Gasteiger partial charge in [-0.2, -0.15) is 0 Å². The quantitative estimate of drug-likeness (QED) is 0.372. The van der Waals surface area contributed by atoms with E-state index < -0.39 is 0 Å². The molecule has 3 aliphatic heterocycles. The molecule has 192 valence electrons. The van der Waals surface area contributed by atoms with Gasteiger partial charge in [-0.05, 0) is 68.8 Å². The summed E-state index contributed by atoms with van der Waals surface area (Å²) in [6, 6.07) is 8.13. The lowest BCUT2D eigenvalue weighted by atomic mass is 9.78. The zero-order valence-electron chi connectivity index (χ0n) is 21.0. The Labute approximate surface area is 214 Å². The Kier molecular flexibility index (Phi) is 8.36. The Morgan fingerprint density at radius 3 is 2.57 bits per heavy atom. The number of rotatable bonds is 8. The second kappa shape index (κ2) is 11.5. The number of carbonyl (C=O) groups is 2. The van der Waals surface area contributed by atoms with Gasteiger partial charge in [-0.15, -0.1) is 0 Å². The van der Waals surface area contributed by atoms with Crippen molar-refractivity contribution in [2.45, 2.75) is 70.4 Å². The van der Waals surface area contributed by atoms with Crippen LogP contribution in [0.15, 0.2) is 24.3 Å². The zero-order valence-corrected chi connectivity index (χ0v) is 21.8. The standard InChI is InChI=1S/C26H39N5O3S/c1-19-22(29-24(33)27-19)9-4-3-5-10-23(32)31-16-13-26(18-31)11-14-30(15-12-26)25(35)28-20-7-6-8-21(17-20)34-2/h6-8,17,19,22H,3-5,9-16,18H2,1-2H3,(H,28,35)(H2,27,29,33). The Balaban J connectivity index is 1.14. The smallest absolute Gasteiger partial charge is 0.315 e. The number of methoxy groups -OCH3 is 1. The van der Waals surface area contributed by atoms with Crippen molar-refractivity contribution in [3.05, 3.63) is 24.3 Å². The monoisotopic (exact) mass is 501 g/mol. The first kappa shape index (κ1) is 25.5. The van der Waals surface area contributed by atoms with Crippen LogP contribution in [0, 0.1) is 5.41 Å². The molecule has 2 unspecified atom stereocenters. The van der Waals surface area contributed by atoms with E-state index in [9.17, 15) is 9.59 Å². The molecule has 8 nitrogen and oxygen atoms in total. The molecule has 3 aliphatic rings. The molecule has 0 saturated carbocycles. The second-order valence-electron chi connectivity index (χ2n) is 10.3. The van der Waals surface area contributed by atoms with Crippen LogP contribution in [0.1, 0.15) is 58.3 Å². The summed E-state index contributed by atoms with van der Waals surface area (Å²) in [6.07, 6.45) is 7.79. The highest BCUT2D eigenvalue weighted by atomic mass is 32.1. The Bertz CT molecular complexity index is 918. The molecule has 2 atom stereocenters. The maximum absolute atomic E-state index is 12.8. The zero-order chi connectivity index (χ0) is 24.8. The number of likely N-dealkylation sites (tertiary alicyclic amines) is 2. The van der Waals surface area contributed by atoms with Crippen molar-refractivity contribution in [3.63, 3.8) is 0 Å². The first-order valence-electron chi connectivity index (χ1n) is 12.9. The number of piperidine rings is 1. The summed E-state index contributed by atoms with van der Waals surface area (Å²) < 4.78 is 5.29. The van der Waals surface area contributed by atoms with Gasteiger partial charge in [0.05, 0.1) is 13.2 Å². The van der Waals surface area contributed by atoms with E-state index in [2.05, 4.69) is 25.8 Å². The number of ether oxygens (including phenoxy) is 1. The Hall–Kier alpha value is -2.55. The van der Waals surface area contributed by atoms with Gasteiger partial charge in [0.2, 0.25) is 5.91 Å². The number of urea groups is 1. The van der Waals surface area contributed by atoms with Crippen molar-refractivity contribution in [2.24, 2.45) is 5.41 Å². The Morgan fingerprint density at radius 2 is 1.89 bits per heavy atom. The number of nitrogens with zero attached hydrogens (tertiary/aromatic N) is 2. The number of carbonyl (C=O) groups excluding carboxylic acids is 2. The van der Waals surface area contributed by atoms with Crippen LogP contribution in [0.4, 0.5) is 10.5 Å². The molecule has 0 aliphatic carbocycles. The van der Waals surface area contributed by atoms with Crippen LogP contribution in [0.25, 0.3) is 0 Å². The van der Waals surface area contributed by atoms with E-state index in [1.54, 1.807) is 7.11 Å². The number of benzene rings is 1. The van der Waals surface area contributed by atoms with Gasteiger partial charge < -0.3 is 30.5 Å². The highest BCUT2D eigenvalue weighted by Crippen LogP contribution is 2.40. The van der Waals surface area contributed by atoms with Gasteiger partial charge in [-0.3, -0.25) is 4.79 Å². The average Bonchev–Trinajstić information content (AvgIpc) is 3.41. The number of anilines is 1. The fraction of sp³-hybridized carbons (Fsp3) is 0.654. The predicted molar refractivity (Wildman–Crippen MR) is 142 cm³/mol. The minimum atomic E-state index is -0.0681. The summed E-state index contributed by atoms with van der Waals surface area (Å²) in [5.74, 6) is 1.10. The van der Waals surface area contributed by atoms with Gasteiger partial charge in [-0.1, -0.05) is 18.9 Å². The molecule has 3 heterocycles. The van der Waals surface area contributed by atoms with Crippen LogP contribution in [-0.4, -0.2) is 72.2 Å². The van der Waals surface area contributed by atoms with Gasteiger partial charge in [0.15, 0.2) is 5.11 Å². The van der Waals surface area contributed by atoms with Gasteiger partial charge in [0.1, 0.15) is 5.75 Å². The number of hydrogen-bond donors (Lipinski definition) is 3. The number of nitrogens with one attached hydrogen (secondary N) is 3. The first-order valence-corrected chi connectivity index (χ1v) is 13.3. The highest BCUT2D eigenvalue weighted by Gasteiger charge is 2.42. The summed E-state index contributed by atoms with van der Waals surface area (Å²) in [5, 5.41) is 9.94.